The largest absolute Gasteiger partial charge is 0.497 e. The van der Waals surface area contributed by atoms with Crippen molar-refractivity contribution < 1.29 is 14.3 Å². The van der Waals surface area contributed by atoms with Gasteiger partial charge in [-0.25, -0.2) is 9.97 Å². The molecule has 1 aromatic heterocycles. The normalized spacial score (nSPS) is 18.6. The zero-order valence-corrected chi connectivity index (χ0v) is 16.4. The van der Waals surface area contributed by atoms with E-state index < -0.39 is 0 Å². The SMILES string of the molecule is COc1cccc(CN2CC3(CCN(c4cc(OC)ncn4)CC3)CC2=O)c1. The van der Waals surface area contributed by atoms with E-state index in [9.17, 15) is 4.79 Å². The van der Waals surface area contributed by atoms with E-state index in [1.54, 1.807) is 14.2 Å². The van der Waals surface area contributed by atoms with Gasteiger partial charge in [0.2, 0.25) is 11.8 Å². The van der Waals surface area contributed by atoms with Crippen LogP contribution in [0.3, 0.4) is 0 Å². The Morgan fingerprint density at radius 3 is 2.68 bits per heavy atom. The van der Waals surface area contributed by atoms with E-state index in [4.69, 9.17) is 9.47 Å². The first-order valence-electron chi connectivity index (χ1n) is 9.62. The molecule has 0 atom stereocenters. The van der Waals surface area contributed by atoms with Crippen molar-refractivity contribution in [2.45, 2.75) is 25.8 Å². The molecule has 28 heavy (non-hydrogen) atoms. The quantitative estimate of drug-likeness (QED) is 0.792. The van der Waals surface area contributed by atoms with Gasteiger partial charge in [0.05, 0.1) is 14.2 Å². The van der Waals surface area contributed by atoms with Crippen LogP contribution in [0, 0.1) is 5.41 Å². The molecule has 0 bridgehead atoms. The van der Waals surface area contributed by atoms with Gasteiger partial charge in [0.15, 0.2) is 0 Å². The molecule has 148 valence electrons. The number of rotatable bonds is 5. The van der Waals surface area contributed by atoms with Crippen LogP contribution in [0.4, 0.5) is 5.82 Å². The standard InChI is InChI=1S/C21H26N4O3/c1-27-17-5-3-4-16(10-17)13-25-14-21(12-20(25)26)6-8-24(9-7-21)18-11-19(28-2)23-15-22-18/h3-5,10-11,15H,6-9,12-14H2,1-2H3. The summed E-state index contributed by atoms with van der Waals surface area (Å²) in [5.41, 5.74) is 1.18. The highest BCUT2D eigenvalue weighted by Gasteiger charge is 2.44. The molecule has 0 N–H and O–H groups in total. The molecule has 7 heteroatoms. The zero-order chi connectivity index (χ0) is 19.6. The molecule has 1 amide bonds. The van der Waals surface area contributed by atoms with Gasteiger partial charge in [0, 0.05) is 44.1 Å². The first kappa shape index (κ1) is 18.5. The molecule has 2 saturated heterocycles. The van der Waals surface area contributed by atoms with Gasteiger partial charge in [-0.15, -0.1) is 0 Å². The number of methoxy groups -OCH3 is 2. The minimum Gasteiger partial charge on any atom is -0.497 e. The van der Waals surface area contributed by atoms with Gasteiger partial charge in [-0.2, -0.15) is 0 Å². The summed E-state index contributed by atoms with van der Waals surface area (Å²) < 4.78 is 10.5. The first-order chi connectivity index (χ1) is 13.6. The number of carbonyl (C=O) groups is 1. The van der Waals surface area contributed by atoms with Crippen molar-refractivity contribution in [1.29, 1.82) is 0 Å². The average molecular weight is 382 g/mol. The number of hydrogen-bond acceptors (Lipinski definition) is 6. The predicted octanol–water partition coefficient (Wildman–Crippen LogP) is 2.51. The lowest BCUT2D eigenvalue weighted by molar-refractivity contribution is -0.128. The number of piperidine rings is 1. The second kappa shape index (κ2) is 7.66. The Kier molecular flexibility index (Phi) is 5.07. The molecule has 0 unspecified atom stereocenters. The lowest BCUT2D eigenvalue weighted by atomic mass is 9.77. The van der Waals surface area contributed by atoms with E-state index in [0.29, 0.717) is 18.8 Å². The fraction of sp³-hybridized carbons (Fsp3) is 0.476. The molecular weight excluding hydrogens is 356 g/mol. The Labute approximate surface area is 165 Å². The summed E-state index contributed by atoms with van der Waals surface area (Å²) in [6, 6.07) is 9.82. The predicted molar refractivity (Wildman–Crippen MR) is 105 cm³/mol. The number of ether oxygens (including phenoxy) is 2. The molecule has 1 spiro atoms. The van der Waals surface area contributed by atoms with Crippen molar-refractivity contribution in [1.82, 2.24) is 14.9 Å². The van der Waals surface area contributed by atoms with Crippen molar-refractivity contribution in [2.75, 3.05) is 38.8 Å². The van der Waals surface area contributed by atoms with E-state index in [2.05, 4.69) is 14.9 Å². The maximum absolute atomic E-state index is 12.7. The minimum atomic E-state index is 0.0730. The maximum atomic E-state index is 12.7. The van der Waals surface area contributed by atoms with Gasteiger partial charge < -0.3 is 19.3 Å². The number of amides is 1. The van der Waals surface area contributed by atoms with Gasteiger partial charge in [-0.05, 0) is 30.5 Å². The molecule has 0 radical (unpaired) electrons. The Bertz CT molecular complexity index is 849. The lowest BCUT2D eigenvalue weighted by Gasteiger charge is -2.39. The molecular formula is C21H26N4O3. The molecule has 2 aliphatic heterocycles. The third-order valence-corrected chi connectivity index (χ3v) is 5.90. The third kappa shape index (κ3) is 3.74. The summed E-state index contributed by atoms with van der Waals surface area (Å²) in [4.78, 5) is 25.4. The van der Waals surface area contributed by atoms with Gasteiger partial charge in [-0.1, -0.05) is 12.1 Å². The lowest BCUT2D eigenvalue weighted by Crippen LogP contribution is -2.42. The third-order valence-electron chi connectivity index (χ3n) is 5.90. The van der Waals surface area contributed by atoms with Gasteiger partial charge in [0.25, 0.3) is 0 Å². The summed E-state index contributed by atoms with van der Waals surface area (Å²) in [5.74, 6) is 2.54. The highest BCUT2D eigenvalue weighted by atomic mass is 16.5. The van der Waals surface area contributed by atoms with Crippen molar-refractivity contribution in [2.24, 2.45) is 5.41 Å². The Morgan fingerprint density at radius 2 is 1.93 bits per heavy atom. The van der Waals surface area contributed by atoms with E-state index >= 15 is 0 Å². The molecule has 3 heterocycles. The van der Waals surface area contributed by atoms with Crippen molar-refractivity contribution >= 4 is 11.7 Å². The van der Waals surface area contributed by atoms with Gasteiger partial charge in [-0.3, -0.25) is 4.79 Å². The number of likely N-dealkylation sites (tertiary alicyclic amines) is 1. The Morgan fingerprint density at radius 1 is 1.11 bits per heavy atom. The second-order valence-electron chi connectivity index (χ2n) is 7.68. The highest BCUT2D eigenvalue weighted by molar-refractivity contribution is 5.79. The average Bonchev–Trinajstić information content (AvgIpc) is 3.03. The molecule has 7 nitrogen and oxygen atoms in total. The van der Waals surface area contributed by atoms with Crippen LogP contribution in [0.1, 0.15) is 24.8 Å². The zero-order valence-electron chi connectivity index (χ0n) is 16.4. The Hall–Kier alpha value is -2.83. The van der Waals surface area contributed by atoms with Gasteiger partial charge in [0.1, 0.15) is 17.9 Å². The number of aromatic nitrogens is 2. The van der Waals surface area contributed by atoms with Crippen molar-refractivity contribution in [3.05, 3.63) is 42.2 Å². The fourth-order valence-electron chi connectivity index (χ4n) is 4.28. The molecule has 2 aliphatic rings. The molecule has 4 rings (SSSR count). The molecule has 0 aliphatic carbocycles. The number of nitrogens with zero attached hydrogens (tertiary/aromatic N) is 4. The number of anilines is 1. The topological polar surface area (TPSA) is 67.8 Å². The van der Waals surface area contributed by atoms with Crippen LogP contribution < -0.4 is 14.4 Å². The van der Waals surface area contributed by atoms with Crippen LogP contribution in [-0.2, 0) is 11.3 Å². The molecule has 1 aromatic carbocycles. The Balaban J connectivity index is 1.39. The molecule has 0 saturated carbocycles. The van der Waals surface area contributed by atoms with Crippen LogP contribution in [0.25, 0.3) is 0 Å². The number of carbonyl (C=O) groups excluding carboxylic acids is 1. The van der Waals surface area contributed by atoms with E-state index in [1.165, 1.54) is 6.33 Å². The summed E-state index contributed by atoms with van der Waals surface area (Å²) >= 11 is 0. The number of benzene rings is 1. The van der Waals surface area contributed by atoms with Crippen LogP contribution >= 0.6 is 0 Å². The van der Waals surface area contributed by atoms with Crippen LogP contribution in [-0.4, -0.2) is 54.6 Å². The van der Waals surface area contributed by atoms with Gasteiger partial charge >= 0.3 is 0 Å². The first-order valence-corrected chi connectivity index (χ1v) is 9.62. The van der Waals surface area contributed by atoms with E-state index in [0.717, 1.165) is 49.6 Å². The van der Waals surface area contributed by atoms with Crippen LogP contribution in [0.2, 0.25) is 0 Å². The summed E-state index contributed by atoms with van der Waals surface area (Å²) in [5, 5.41) is 0. The molecule has 2 fully saturated rings. The fourth-order valence-corrected chi connectivity index (χ4v) is 4.28. The van der Waals surface area contributed by atoms with Crippen LogP contribution in [0.15, 0.2) is 36.7 Å². The smallest absolute Gasteiger partial charge is 0.223 e. The molecule has 2 aromatic rings. The summed E-state index contributed by atoms with van der Waals surface area (Å²) in [7, 11) is 3.27. The van der Waals surface area contributed by atoms with E-state index in [-0.39, 0.29) is 11.3 Å². The highest BCUT2D eigenvalue weighted by Crippen LogP contribution is 2.42. The van der Waals surface area contributed by atoms with Crippen molar-refractivity contribution in [3.63, 3.8) is 0 Å². The minimum absolute atomic E-state index is 0.0730. The van der Waals surface area contributed by atoms with E-state index in [1.807, 2.05) is 35.2 Å². The monoisotopic (exact) mass is 382 g/mol. The summed E-state index contributed by atoms with van der Waals surface area (Å²) in [6.45, 7) is 3.25. The maximum Gasteiger partial charge on any atom is 0.223 e. The van der Waals surface area contributed by atoms with Crippen molar-refractivity contribution in [3.8, 4) is 11.6 Å². The summed E-state index contributed by atoms with van der Waals surface area (Å²) in [6.07, 6.45) is 4.14. The number of hydrogen-bond donors (Lipinski definition) is 0. The van der Waals surface area contributed by atoms with Crippen LogP contribution in [0.5, 0.6) is 11.6 Å². The second-order valence-corrected chi connectivity index (χ2v) is 7.68.